The predicted octanol–water partition coefficient (Wildman–Crippen LogP) is 3.83. The van der Waals surface area contributed by atoms with Crippen molar-refractivity contribution in [3.05, 3.63) is 39.7 Å². The fourth-order valence-electron chi connectivity index (χ4n) is 6.73. The van der Waals surface area contributed by atoms with E-state index in [0.717, 1.165) is 7.05 Å². The number of nitrogens with zero attached hydrogens (tertiary/aromatic N) is 3. The quantitative estimate of drug-likeness (QED) is 0.291. The molecule has 1 saturated heterocycles. The molecule has 10 nitrogen and oxygen atoms in total. The highest BCUT2D eigenvalue weighted by Gasteiger charge is 2.50. The predicted molar refractivity (Wildman–Crippen MR) is 152 cm³/mol. The van der Waals surface area contributed by atoms with Crippen LogP contribution in [0.5, 0.6) is 5.75 Å². The van der Waals surface area contributed by atoms with Crippen molar-refractivity contribution in [3.63, 3.8) is 0 Å². The van der Waals surface area contributed by atoms with Crippen LogP contribution < -0.4 is 16.3 Å². The Kier molecular flexibility index (Phi) is 9.46. The average Bonchev–Trinajstić information content (AvgIpc) is 3.23. The minimum absolute atomic E-state index is 0.0856. The highest BCUT2D eigenvalue weighted by Crippen LogP contribution is 2.46. The summed E-state index contributed by atoms with van der Waals surface area (Å²) < 4.78 is 46.7. The van der Waals surface area contributed by atoms with Crippen molar-refractivity contribution in [2.24, 2.45) is 28.8 Å². The molecule has 1 aromatic rings. The Labute approximate surface area is 253 Å². The van der Waals surface area contributed by atoms with Gasteiger partial charge in [0.25, 0.3) is 0 Å². The molecular weight excluding hydrogens is 591 g/mol. The topological polar surface area (TPSA) is 142 Å². The lowest BCUT2D eigenvalue weighted by Crippen LogP contribution is -2.52. The molecule has 1 aromatic carbocycles. The van der Waals surface area contributed by atoms with E-state index in [4.69, 9.17) is 27.9 Å². The third-order valence-electron chi connectivity index (χ3n) is 8.96. The number of hydrogen-bond donors (Lipinski definition) is 3. The summed E-state index contributed by atoms with van der Waals surface area (Å²) in [4.78, 5) is 42.8. The van der Waals surface area contributed by atoms with Crippen molar-refractivity contribution >= 4 is 29.4 Å². The number of nitrogens with two attached hydrogens (primary N) is 2. The van der Waals surface area contributed by atoms with E-state index in [1.807, 2.05) is 6.92 Å². The third kappa shape index (κ3) is 6.52. The summed E-state index contributed by atoms with van der Waals surface area (Å²) in [5.41, 5.74) is 3.75. The van der Waals surface area contributed by atoms with Crippen molar-refractivity contribution in [2.75, 3.05) is 33.3 Å². The number of carboxylic acid groups (broad SMARTS) is 1. The zero-order valence-electron chi connectivity index (χ0n) is 24.5. The van der Waals surface area contributed by atoms with Gasteiger partial charge in [-0.2, -0.15) is 13.2 Å². The van der Waals surface area contributed by atoms with E-state index in [-0.39, 0.29) is 36.6 Å². The second-order valence-corrected chi connectivity index (χ2v) is 12.5. The summed E-state index contributed by atoms with van der Waals surface area (Å²) in [6.45, 7) is 3.67. The van der Waals surface area contributed by atoms with Crippen LogP contribution in [0, 0.1) is 17.3 Å². The van der Waals surface area contributed by atoms with Gasteiger partial charge in [0.15, 0.2) is 5.70 Å². The van der Waals surface area contributed by atoms with Crippen LogP contribution in [-0.4, -0.2) is 77.2 Å². The SMILES string of the molecule is C[C@@H]1CC(=O)N(CC2c3c(OC/C(N)=C(/N(C)N)C(F)(F)F)ccc(Cl)c3CCN2C(=O)[C@H]2CCCC[C@]2(C)C(=O)O)C1. The number of carboxylic acids is 1. The van der Waals surface area contributed by atoms with Gasteiger partial charge in [-0.3, -0.25) is 14.4 Å². The second kappa shape index (κ2) is 12.4. The van der Waals surface area contributed by atoms with Crippen molar-refractivity contribution in [2.45, 2.75) is 64.6 Å². The first-order valence-electron chi connectivity index (χ1n) is 14.4. The minimum atomic E-state index is -4.83. The first-order chi connectivity index (χ1) is 20.1. The van der Waals surface area contributed by atoms with E-state index in [1.165, 1.54) is 6.07 Å². The van der Waals surface area contributed by atoms with Crippen LogP contribution in [0.15, 0.2) is 23.5 Å². The summed E-state index contributed by atoms with van der Waals surface area (Å²) in [7, 11) is 1.02. The minimum Gasteiger partial charge on any atom is -0.487 e. The number of alkyl halides is 3. The van der Waals surface area contributed by atoms with Gasteiger partial charge in [-0.05, 0) is 49.8 Å². The summed E-state index contributed by atoms with van der Waals surface area (Å²) in [6, 6.07) is 2.30. The van der Waals surface area contributed by atoms with Crippen molar-refractivity contribution in [1.82, 2.24) is 14.8 Å². The maximum absolute atomic E-state index is 14.3. The fourth-order valence-corrected chi connectivity index (χ4v) is 6.99. The average molecular weight is 630 g/mol. The lowest BCUT2D eigenvalue weighted by molar-refractivity contribution is -0.162. The number of aliphatic carboxylic acids is 1. The summed E-state index contributed by atoms with van der Waals surface area (Å²) in [6.07, 6.45) is -2.01. The summed E-state index contributed by atoms with van der Waals surface area (Å²) >= 11 is 6.60. The van der Waals surface area contributed by atoms with E-state index in [1.54, 1.807) is 22.8 Å². The maximum Gasteiger partial charge on any atom is 0.434 e. The molecule has 1 unspecified atom stereocenters. The Bertz CT molecular complexity index is 1310. The number of amides is 2. The standard InChI is InChI=1S/C29H39ClF3N5O5/c1-16-12-23(39)37(13-16)14-21-24-17(9-11-38(21)26(40)18-6-4-5-10-28(18,2)27(41)42)19(30)7-8-22(24)43-15-20(34)25(36(3)35)29(31,32)33/h7-8,16,18,21H,4-6,9-15,34-35H2,1-3H3,(H,41,42)/b25-20-/t16-,18-,21?,28+/m1/s1. The molecule has 1 saturated carbocycles. The molecule has 3 aliphatic rings. The molecule has 2 heterocycles. The van der Waals surface area contributed by atoms with E-state index >= 15 is 0 Å². The number of likely N-dealkylation sites (tertiary alicyclic amines) is 1. The second-order valence-electron chi connectivity index (χ2n) is 12.1. The fraction of sp³-hybridized carbons (Fsp3) is 0.621. The van der Waals surface area contributed by atoms with Gasteiger partial charge in [-0.25, -0.2) is 5.84 Å². The van der Waals surface area contributed by atoms with Crippen molar-refractivity contribution in [1.29, 1.82) is 0 Å². The number of ether oxygens (including phenoxy) is 1. The molecule has 2 aliphatic heterocycles. The van der Waals surface area contributed by atoms with Crippen LogP contribution in [0.3, 0.4) is 0 Å². The summed E-state index contributed by atoms with van der Waals surface area (Å²) in [5.74, 6) is 3.42. The van der Waals surface area contributed by atoms with Gasteiger partial charge < -0.3 is 30.4 Å². The largest absolute Gasteiger partial charge is 0.487 e. The van der Waals surface area contributed by atoms with Crippen LogP contribution in [0.1, 0.15) is 63.1 Å². The number of benzene rings is 1. The number of fused-ring (bicyclic) bond motifs is 1. The van der Waals surface area contributed by atoms with Crippen LogP contribution in [0.4, 0.5) is 13.2 Å². The number of carbonyl (C=O) groups is 3. The number of allylic oxidation sites excluding steroid dienone is 1. The van der Waals surface area contributed by atoms with Gasteiger partial charge in [-0.15, -0.1) is 0 Å². The Morgan fingerprint density at radius 2 is 1.98 bits per heavy atom. The molecule has 0 radical (unpaired) electrons. The number of rotatable bonds is 8. The first kappa shape index (κ1) is 32.7. The van der Waals surface area contributed by atoms with Crippen LogP contribution in [0.2, 0.25) is 5.02 Å². The molecule has 2 fully saturated rings. The van der Waals surface area contributed by atoms with E-state index < -0.39 is 47.5 Å². The number of hydrogen-bond acceptors (Lipinski definition) is 7. The van der Waals surface area contributed by atoms with Gasteiger partial charge in [0.1, 0.15) is 12.4 Å². The van der Waals surface area contributed by atoms with Gasteiger partial charge in [-0.1, -0.05) is 31.4 Å². The normalized spacial score (nSPS) is 26.6. The molecule has 43 heavy (non-hydrogen) atoms. The molecule has 2 amide bonds. The zero-order chi connectivity index (χ0) is 31.9. The molecular formula is C29H39ClF3N5O5. The molecule has 0 bridgehead atoms. The van der Waals surface area contributed by atoms with Gasteiger partial charge in [0.2, 0.25) is 11.8 Å². The monoisotopic (exact) mass is 629 g/mol. The van der Waals surface area contributed by atoms with Crippen LogP contribution in [-0.2, 0) is 20.8 Å². The highest BCUT2D eigenvalue weighted by atomic mass is 35.5. The number of carbonyl (C=O) groups excluding carboxylic acids is 2. The zero-order valence-corrected chi connectivity index (χ0v) is 25.3. The van der Waals surface area contributed by atoms with Gasteiger partial charge in [0.05, 0.1) is 23.1 Å². The Morgan fingerprint density at radius 1 is 1.28 bits per heavy atom. The maximum atomic E-state index is 14.3. The molecule has 5 N–H and O–H groups in total. The van der Waals surface area contributed by atoms with Crippen LogP contribution >= 0.6 is 11.6 Å². The molecule has 1 aliphatic carbocycles. The Balaban J connectivity index is 1.77. The number of hydrazine groups is 1. The number of halogens is 4. The van der Waals surface area contributed by atoms with Crippen LogP contribution in [0.25, 0.3) is 0 Å². The Morgan fingerprint density at radius 3 is 2.56 bits per heavy atom. The molecule has 0 aromatic heterocycles. The summed E-state index contributed by atoms with van der Waals surface area (Å²) in [5, 5.41) is 10.9. The van der Waals surface area contributed by atoms with E-state index in [9.17, 15) is 32.7 Å². The van der Waals surface area contributed by atoms with E-state index in [0.29, 0.717) is 66.2 Å². The van der Waals surface area contributed by atoms with Gasteiger partial charge in [0, 0.05) is 43.7 Å². The molecule has 4 atom stereocenters. The van der Waals surface area contributed by atoms with Crippen molar-refractivity contribution < 1.29 is 37.4 Å². The first-order valence-corrected chi connectivity index (χ1v) is 14.7. The molecule has 238 valence electrons. The van der Waals surface area contributed by atoms with Gasteiger partial charge >= 0.3 is 12.1 Å². The van der Waals surface area contributed by atoms with E-state index in [2.05, 4.69) is 0 Å². The highest BCUT2D eigenvalue weighted by molar-refractivity contribution is 6.31. The lowest BCUT2D eigenvalue weighted by atomic mass is 9.66. The third-order valence-corrected chi connectivity index (χ3v) is 9.31. The smallest absolute Gasteiger partial charge is 0.434 e. The molecule has 14 heteroatoms. The van der Waals surface area contributed by atoms with Crippen molar-refractivity contribution in [3.8, 4) is 5.75 Å². The lowest BCUT2D eigenvalue weighted by Gasteiger charge is -2.45. The molecule has 4 rings (SSSR count). The Hall–Kier alpha value is -3.19. The molecule has 0 spiro atoms.